The molecule has 0 spiro atoms. The van der Waals surface area contributed by atoms with Gasteiger partial charge in [-0.05, 0) is 47.9 Å². The van der Waals surface area contributed by atoms with E-state index in [1.165, 1.54) is 12.5 Å². The lowest BCUT2D eigenvalue weighted by Crippen LogP contribution is -2.25. The molecule has 0 radical (unpaired) electrons. The van der Waals surface area contributed by atoms with Gasteiger partial charge < -0.3 is 30.4 Å². The fourth-order valence-corrected chi connectivity index (χ4v) is 5.71. The summed E-state index contributed by atoms with van der Waals surface area (Å²) in [6.07, 6.45) is 3.55. The molecule has 5 aromatic rings. The number of benzene rings is 3. The van der Waals surface area contributed by atoms with Crippen LogP contribution in [0, 0.1) is 0 Å². The number of ether oxygens (including phenoxy) is 2. The summed E-state index contributed by atoms with van der Waals surface area (Å²) in [7, 11) is 0. The van der Waals surface area contributed by atoms with E-state index in [9.17, 15) is 24.0 Å². The van der Waals surface area contributed by atoms with E-state index in [0.29, 0.717) is 40.3 Å². The van der Waals surface area contributed by atoms with Crippen molar-refractivity contribution in [2.45, 2.75) is 25.8 Å². The number of aryl methyl sites for hydroxylation is 1. The van der Waals surface area contributed by atoms with Crippen molar-refractivity contribution >= 4 is 51.7 Å². The van der Waals surface area contributed by atoms with E-state index < -0.39 is 11.8 Å². The van der Waals surface area contributed by atoms with E-state index in [1.807, 2.05) is 18.2 Å². The smallest absolute Gasteiger partial charge is 0.272 e. The van der Waals surface area contributed by atoms with Crippen molar-refractivity contribution in [3.8, 4) is 11.5 Å². The molecule has 13 nitrogen and oxygen atoms in total. The highest BCUT2D eigenvalue weighted by atomic mass is 16.5. The molecule has 4 heterocycles. The van der Waals surface area contributed by atoms with Crippen molar-refractivity contribution in [2.75, 3.05) is 23.8 Å². The van der Waals surface area contributed by atoms with Crippen LogP contribution in [0.4, 0.5) is 11.4 Å². The first kappa shape index (κ1) is 30.3. The molecule has 0 atom stereocenters. The van der Waals surface area contributed by atoms with Crippen molar-refractivity contribution in [3.05, 3.63) is 107 Å². The van der Waals surface area contributed by atoms with Gasteiger partial charge in [0.15, 0.2) is 23.9 Å². The number of amides is 3. The Kier molecular flexibility index (Phi) is 8.07. The Labute approximate surface area is 273 Å². The number of carbonyl (C=O) groups is 5. The van der Waals surface area contributed by atoms with Crippen LogP contribution in [0.1, 0.15) is 54.3 Å². The molecule has 0 saturated carbocycles. The topological polar surface area (TPSA) is 181 Å². The van der Waals surface area contributed by atoms with Crippen LogP contribution in [0.2, 0.25) is 0 Å². The maximum atomic E-state index is 13.5. The molecule has 0 fully saturated rings. The van der Waals surface area contributed by atoms with E-state index in [0.717, 1.165) is 16.7 Å². The second-order valence-corrected chi connectivity index (χ2v) is 11.4. The minimum Gasteiger partial charge on any atom is -0.486 e. The third-order valence-electron chi connectivity index (χ3n) is 8.07. The zero-order valence-corrected chi connectivity index (χ0v) is 25.4. The molecule has 240 valence electrons. The van der Waals surface area contributed by atoms with Crippen LogP contribution in [0.15, 0.2) is 73.2 Å². The Morgan fingerprint density at radius 3 is 2.52 bits per heavy atom. The van der Waals surface area contributed by atoms with Crippen molar-refractivity contribution in [3.63, 3.8) is 0 Å². The molecule has 4 N–H and O–H groups in total. The van der Waals surface area contributed by atoms with Crippen LogP contribution >= 0.6 is 0 Å². The molecule has 3 amide bonds. The van der Waals surface area contributed by atoms with Gasteiger partial charge in [-0.15, -0.1) is 0 Å². The molecule has 13 heteroatoms. The van der Waals surface area contributed by atoms with Gasteiger partial charge in [-0.25, -0.2) is 9.97 Å². The van der Waals surface area contributed by atoms with Crippen LogP contribution in [-0.2, 0) is 29.0 Å². The van der Waals surface area contributed by atoms with Crippen molar-refractivity contribution in [1.29, 1.82) is 0 Å². The predicted octanol–water partition coefficient (Wildman–Crippen LogP) is 3.79. The van der Waals surface area contributed by atoms with Gasteiger partial charge in [0.25, 0.3) is 17.7 Å². The summed E-state index contributed by atoms with van der Waals surface area (Å²) in [5.41, 5.74) is 4.45. The maximum absolute atomic E-state index is 13.5. The average Bonchev–Trinajstić information content (AvgIpc) is 3.51. The van der Waals surface area contributed by atoms with Gasteiger partial charge in [-0.3, -0.25) is 24.0 Å². The Bertz CT molecular complexity index is 2140. The Morgan fingerprint density at radius 2 is 1.65 bits per heavy atom. The first-order valence-electron chi connectivity index (χ1n) is 15.2. The fraction of sp³-hybridized carbons (Fsp3) is 0.171. The second kappa shape index (κ2) is 12.8. The Hall–Kier alpha value is -6.37. The predicted molar refractivity (Wildman–Crippen MR) is 173 cm³/mol. The van der Waals surface area contributed by atoms with Gasteiger partial charge in [0.1, 0.15) is 29.9 Å². The molecular formula is C35H28N6O7. The van der Waals surface area contributed by atoms with Gasteiger partial charge >= 0.3 is 0 Å². The minimum atomic E-state index is -0.520. The van der Waals surface area contributed by atoms with E-state index in [4.69, 9.17) is 9.47 Å². The van der Waals surface area contributed by atoms with Crippen molar-refractivity contribution in [1.82, 2.24) is 20.3 Å². The number of H-pyrrole nitrogens is 1. The number of aromatic nitrogens is 3. The summed E-state index contributed by atoms with van der Waals surface area (Å²) in [6.45, 7) is 0.217. The highest BCUT2D eigenvalue weighted by Gasteiger charge is 2.22. The molecule has 2 aliphatic rings. The molecular weight excluding hydrogens is 616 g/mol. The standard InChI is InChI=1S/C35H28N6O7/c42-22-13-21-11-20(7-9-28(21)47-16-22)14-37-35(46)33-32-31(38-18-39-33)26(15-36-32)41-34(45)24-4-2-1-3-23(24)27(43)8-5-19-6-10-29-25(12-19)40-30(44)17-48-29/h1-4,6-7,9-12,15,18,36H,5,8,13-14,16-17H2,(H,37,46)(H,40,44)(H,41,45). The van der Waals surface area contributed by atoms with Crippen LogP contribution < -0.4 is 25.4 Å². The number of fused-ring (bicyclic) bond motifs is 3. The maximum Gasteiger partial charge on any atom is 0.272 e. The zero-order valence-electron chi connectivity index (χ0n) is 25.4. The van der Waals surface area contributed by atoms with E-state index in [-0.39, 0.29) is 66.9 Å². The highest BCUT2D eigenvalue weighted by Crippen LogP contribution is 2.30. The van der Waals surface area contributed by atoms with Crippen LogP contribution in [0.5, 0.6) is 11.5 Å². The van der Waals surface area contributed by atoms with Gasteiger partial charge in [-0.1, -0.05) is 30.3 Å². The number of aromatic amines is 1. The minimum absolute atomic E-state index is 0.00722. The van der Waals surface area contributed by atoms with E-state index in [1.54, 1.807) is 42.5 Å². The molecule has 0 unspecified atom stereocenters. The second-order valence-electron chi connectivity index (χ2n) is 11.4. The van der Waals surface area contributed by atoms with Crippen LogP contribution in [0.25, 0.3) is 11.0 Å². The third-order valence-corrected chi connectivity index (χ3v) is 8.07. The van der Waals surface area contributed by atoms with Gasteiger partial charge in [0.05, 0.1) is 22.5 Å². The summed E-state index contributed by atoms with van der Waals surface area (Å²) in [4.78, 5) is 74.8. The number of nitrogens with zero attached hydrogens (tertiary/aromatic N) is 2. The largest absolute Gasteiger partial charge is 0.486 e. The average molecular weight is 645 g/mol. The first-order chi connectivity index (χ1) is 23.3. The number of hydrogen-bond donors (Lipinski definition) is 4. The lowest BCUT2D eigenvalue weighted by atomic mass is 9.97. The molecule has 2 aromatic heterocycles. The third kappa shape index (κ3) is 6.20. The van der Waals surface area contributed by atoms with Crippen LogP contribution in [-0.4, -0.2) is 57.5 Å². The number of anilines is 2. The molecule has 0 saturated heterocycles. The van der Waals surface area contributed by atoms with E-state index in [2.05, 4.69) is 30.9 Å². The van der Waals surface area contributed by atoms with Gasteiger partial charge in [0, 0.05) is 36.7 Å². The zero-order chi connectivity index (χ0) is 33.2. The normalized spacial score (nSPS) is 13.4. The summed E-state index contributed by atoms with van der Waals surface area (Å²) in [5, 5.41) is 8.41. The summed E-state index contributed by atoms with van der Waals surface area (Å²) in [6, 6.07) is 17.3. The summed E-state index contributed by atoms with van der Waals surface area (Å²) < 4.78 is 10.8. The number of nitrogens with one attached hydrogen (secondary N) is 4. The van der Waals surface area contributed by atoms with Crippen molar-refractivity contribution in [2.24, 2.45) is 0 Å². The molecule has 3 aromatic carbocycles. The Morgan fingerprint density at radius 1 is 0.854 bits per heavy atom. The number of ketones is 2. The monoisotopic (exact) mass is 644 g/mol. The molecule has 2 aliphatic heterocycles. The summed E-state index contributed by atoms with van der Waals surface area (Å²) in [5.74, 6) is -0.222. The first-order valence-corrected chi connectivity index (χ1v) is 15.2. The SMILES string of the molecule is O=C1COc2ccc(CNC(=O)c3ncnc4c(NC(=O)c5ccccc5C(=O)CCc5ccc6c(c5)NC(=O)CO6)c[nH]c34)cc2C1. The fourth-order valence-electron chi connectivity index (χ4n) is 5.71. The van der Waals surface area contributed by atoms with Gasteiger partial charge in [-0.2, -0.15) is 0 Å². The molecule has 48 heavy (non-hydrogen) atoms. The number of Topliss-reactive ketones (excluding diaryl/α,β-unsaturated/α-hetero) is 2. The summed E-state index contributed by atoms with van der Waals surface area (Å²) >= 11 is 0. The Balaban J connectivity index is 1.02. The number of rotatable bonds is 9. The number of hydrogen-bond acceptors (Lipinski definition) is 9. The van der Waals surface area contributed by atoms with Crippen LogP contribution in [0.3, 0.4) is 0 Å². The lowest BCUT2D eigenvalue weighted by Gasteiger charge is -2.18. The van der Waals surface area contributed by atoms with Crippen molar-refractivity contribution < 1.29 is 33.4 Å². The lowest BCUT2D eigenvalue weighted by molar-refractivity contribution is -0.121. The highest BCUT2D eigenvalue weighted by molar-refractivity contribution is 6.15. The molecule has 7 rings (SSSR count). The number of carbonyl (C=O) groups excluding carboxylic acids is 5. The van der Waals surface area contributed by atoms with Gasteiger partial charge in [0.2, 0.25) is 0 Å². The molecule has 0 bridgehead atoms. The van der Waals surface area contributed by atoms with E-state index >= 15 is 0 Å². The quantitative estimate of drug-likeness (QED) is 0.174. The molecule has 0 aliphatic carbocycles.